The fourth-order valence-electron chi connectivity index (χ4n) is 1.36. The van der Waals surface area contributed by atoms with Gasteiger partial charge < -0.3 is 5.32 Å². The fourth-order valence-corrected chi connectivity index (χ4v) is 2.58. The zero-order valence-electron chi connectivity index (χ0n) is 8.53. The summed E-state index contributed by atoms with van der Waals surface area (Å²) in [5.74, 6) is 0. The van der Waals surface area contributed by atoms with Crippen LogP contribution in [0.2, 0.25) is 0 Å². The van der Waals surface area contributed by atoms with Crippen LogP contribution in [-0.2, 0) is 0 Å². The van der Waals surface area contributed by atoms with Crippen molar-refractivity contribution in [3.05, 3.63) is 28.7 Å². The van der Waals surface area contributed by atoms with Crippen LogP contribution >= 0.6 is 27.7 Å². The minimum Gasteiger partial charge on any atom is -0.335 e. The zero-order valence-corrected chi connectivity index (χ0v) is 10.9. The Hall–Kier alpha value is -0.480. The molecule has 15 heavy (non-hydrogen) atoms. The van der Waals surface area contributed by atoms with E-state index in [-0.39, 0.29) is 0 Å². The Morgan fingerprint density at radius 3 is 2.80 bits per heavy atom. The van der Waals surface area contributed by atoms with Gasteiger partial charge in [-0.05, 0) is 30.7 Å². The highest BCUT2D eigenvalue weighted by molar-refractivity contribution is 9.10. The minimum atomic E-state index is 0.656. The summed E-state index contributed by atoms with van der Waals surface area (Å²) >= 11 is 5.25. The zero-order chi connectivity index (χ0) is 10.7. The number of amidine groups is 1. The molecule has 0 radical (unpaired) electrons. The van der Waals surface area contributed by atoms with Crippen LogP contribution in [0.3, 0.4) is 0 Å². The van der Waals surface area contributed by atoms with Crippen LogP contribution in [0.1, 0.15) is 13.3 Å². The van der Waals surface area contributed by atoms with E-state index in [4.69, 9.17) is 0 Å². The van der Waals surface area contributed by atoms with Crippen molar-refractivity contribution in [2.45, 2.75) is 18.6 Å². The van der Waals surface area contributed by atoms with Crippen LogP contribution in [-0.4, -0.2) is 17.0 Å². The molecule has 1 aliphatic rings. The van der Waals surface area contributed by atoms with Gasteiger partial charge in [-0.15, -0.1) is 0 Å². The van der Waals surface area contributed by atoms with E-state index in [1.54, 1.807) is 0 Å². The monoisotopic (exact) mass is 284 g/mol. The first-order valence-electron chi connectivity index (χ1n) is 5.01. The Kier molecular flexibility index (Phi) is 3.70. The van der Waals surface area contributed by atoms with E-state index >= 15 is 0 Å². The molecule has 2 rings (SSSR count). The quantitative estimate of drug-likeness (QED) is 0.895. The maximum Gasteiger partial charge on any atom is 0.161 e. The predicted molar refractivity (Wildman–Crippen MR) is 71.7 cm³/mol. The van der Waals surface area contributed by atoms with Crippen molar-refractivity contribution in [1.29, 1.82) is 0 Å². The molecule has 0 saturated carbocycles. The second kappa shape index (κ2) is 5.03. The van der Waals surface area contributed by atoms with E-state index in [1.165, 1.54) is 6.42 Å². The molecule has 1 aromatic rings. The number of aliphatic imine (C=N–C) groups is 1. The summed E-state index contributed by atoms with van der Waals surface area (Å²) in [5.41, 5.74) is 1.10. The molecule has 0 aromatic heterocycles. The van der Waals surface area contributed by atoms with Gasteiger partial charge in [-0.1, -0.05) is 34.6 Å². The van der Waals surface area contributed by atoms with Gasteiger partial charge in [0.15, 0.2) is 5.17 Å². The van der Waals surface area contributed by atoms with Crippen LogP contribution in [0.15, 0.2) is 33.7 Å². The SMILES string of the molecule is CCC1CN=C(Nc2ccc(Br)cc2)S1. The fraction of sp³-hybridized carbons (Fsp3) is 0.364. The third-order valence-corrected chi connectivity index (χ3v) is 4.07. The van der Waals surface area contributed by atoms with Gasteiger partial charge in [0.25, 0.3) is 0 Å². The molecule has 1 heterocycles. The molecule has 0 spiro atoms. The smallest absolute Gasteiger partial charge is 0.161 e. The summed E-state index contributed by atoms with van der Waals surface area (Å²) < 4.78 is 1.10. The van der Waals surface area contributed by atoms with E-state index in [1.807, 2.05) is 36.0 Å². The first-order chi connectivity index (χ1) is 7.28. The van der Waals surface area contributed by atoms with Crippen molar-refractivity contribution in [1.82, 2.24) is 0 Å². The van der Waals surface area contributed by atoms with Crippen molar-refractivity contribution in [3.63, 3.8) is 0 Å². The lowest BCUT2D eigenvalue weighted by Crippen LogP contribution is -2.06. The van der Waals surface area contributed by atoms with Gasteiger partial charge >= 0.3 is 0 Å². The van der Waals surface area contributed by atoms with E-state index in [0.717, 1.165) is 21.9 Å². The topological polar surface area (TPSA) is 24.4 Å². The Morgan fingerprint density at radius 2 is 2.20 bits per heavy atom. The summed E-state index contributed by atoms with van der Waals surface area (Å²) in [6.45, 7) is 3.15. The molecule has 2 nitrogen and oxygen atoms in total. The molecule has 80 valence electrons. The summed E-state index contributed by atoms with van der Waals surface area (Å²) in [6, 6.07) is 8.15. The third-order valence-electron chi connectivity index (χ3n) is 2.27. The number of rotatable bonds is 2. The van der Waals surface area contributed by atoms with E-state index in [0.29, 0.717) is 5.25 Å². The highest BCUT2D eigenvalue weighted by atomic mass is 79.9. The molecule has 1 N–H and O–H groups in total. The van der Waals surface area contributed by atoms with E-state index < -0.39 is 0 Å². The second-order valence-electron chi connectivity index (χ2n) is 3.43. The van der Waals surface area contributed by atoms with Crippen LogP contribution in [0.25, 0.3) is 0 Å². The standard InChI is InChI=1S/C11H13BrN2S/c1-2-10-7-13-11(15-10)14-9-5-3-8(12)4-6-9/h3-6,10H,2,7H2,1H3,(H,13,14). The summed E-state index contributed by atoms with van der Waals surface area (Å²) in [7, 11) is 0. The molecule has 1 aliphatic heterocycles. The second-order valence-corrected chi connectivity index (χ2v) is 5.63. The van der Waals surface area contributed by atoms with Crippen molar-refractivity contribution in [2.24, 2.45) is 4.99 Å². The summed E-state index contributed by atoms with van der Waals surface area (Å²) in [4.78, 5) is 4.46. The summed E-state index contributed by atoms with van der Waals surface area (Å²) in [6.07, 6.45) is 1.18. The lowest BCUT2D eigenvalue weighted by Gasteiger charge is -2.06. The molecule has 0 bridgehead atoms. The number of hydrogen-bond acceptors (Lipinski definition) is 3. The molecule has 0 fully saturated rings. The highest BCUT2D eigenvalue weighted by Crippen LogP contribution is 2.25. The Bertz CT molecular complexity index is 361. The average Bonchev–Trinajstić information content (AvgIpc) is 2.69. The minimum absolute atomic E-state index is 0.656. The number of nitrogens with zero attached hydrogens (tertiary/aromatic N) is 1. The molecule has 4 heteroatoms. The number of benzene rings is 1. The number of hydrogen-bond donors (Lipinski definition) is 1. The van der Waals surface area contributed by atoms with E-state index in [9.17, 15) is 0 Å². The maximum absolute atomic E-state index is 4.46. The van der Waals surface area contributed by atoms with Gasteiger partial charge in [0.05, 0.1) is 6.54 Å². The molecule has 1 aromatic carbocycles. The van der Waals surface area contributed by atoms with E-state index in [2.05, 4.69) is 33.2 Å². The molecule has 1 atom stereocenters. The van der Waals surface area contributed by atoms with Crippen molar-refractivity contribution in [3.8, 4) is 0 Å². The van der Waals surface area contributed by atoms with Crippen molar-refractivity contribution < 1.29 is 0 Å². The number of nitrogens with one attached hydrogen (secondary N) is 1. The maximum atomic E-state index is 4.46. The van der Waals surface area contributed by atoms with Gasteiger partial charge in [0, 0.05) is 15.4 Å². The van der Waals surface area contributed by atoms with Gasteiger partial charge in [0.2, 0.25) is 0 Å². The predicted octanol–water partition coefficient (Wildman–Crippen LogP) is 3.74. The molecule has 1 unspecified atom stereocenters. The van der Waals surface area contributed by atoms with Crippen LogP contribution in [0, 0.1) is 0 Å². The van der Waals surface area contributed by atoms with Gasteiger partial charge in [0.1, 0.15) is 0 Å². The molecule has 0 amide bonds. The van der Waals surface area contributed by atoms with Gasteiger partial charge in [-0.25, -0.2) is 0 Å². The van der Waals surface area contributed by atoms with Crippen molar-refractivity contribution in [2.75, 3.05) is 11.9 Å². The number of thioether (sulfide) groups is 1. The van der Waals surface area contributed by atoms with Crippen LogP contribution in [0.5, 0.6) is 0 Å². The first-order valence-corrected chi connectivity index (χ1v) is 6.69. The first kappa shape index (κ1) is 11.0. The van der Waals surface area contributed by atoms with Gasteiger partial charge in [-0.2, -0.15) is 0 Å². The number of halogens is 1. The van der Waals surface area contributed by atoms with Crippen LogP contribution in [0.4, 0.5) is 5.69 Å². The van der Waals surface area contributed by atoms with Crippen LogP contribution < -0.4 is 5.32 Å². The Labute approximate surface area is 103 Å². The molecule has 0 saturated heterocycles. The Balaban J connectivity index is 1.95. The molecular weight excluding hydrogens is 272 g/mol. The molecular formula is C11H13BrN2S. The Morgan fingerprint density at radius 1 is 1.47 bits per heavy atom. The molecule has 0 aliphatic carbocycles. The summed E-state index contributed by atoms with van der Waals surface area (Å²) in [5, 5.41) is 5.03. The van der Waals surface area contributed by atoms with Gasteiger partial charge in [-0.3, -0.25) is 4.99 Å². The average molecular weight is 285 g/mol. The number of anilines is 1. The highest BCUT2D eigenvalue weighted by Gasteiger charge is 2.17. The lowest BCUT2D eigenvalue weighted by molar-refractivity contribution is 0.843. The normalized spacial score (nSPS) is 20.1. The lowest BCUT2D eigenvalue weighted by atomic mass is 10.3. The van der Waals surface area contributed by atoms with Crippen molar-refractivity contribution >= 4 is 38.5 Å². The largest absolute Gasteiger partial charge is 0.335 e. The third kappa shape index (κ3) is 2.98.